The first-order valence-corrected chi connectivity index (χ1v) is 12.0. The lowest BCUT2D eigenvalue weighted by molar-refractivity contribution is -0.115. The maximum atomic E-state index is 13.0. The number of nitrogens with one attached hydrogen (secondary N) is 1. The van der Waals surface area contributed by atoms with E-state index in [0.717, 1.165) is 25.2 Å². The number of oxazole rings is 1. The standard InChI is InChI=1S/C23H26N4O4S/c1-2-26-11-13-27(14-12-26)32(29,30)21-10-6-9-19(15-21)24-22(28)16-20-17-31-23(25-20)18-7-4-3-5-8-18/h3-10,15,17H,2,11-14,16H2,1H3,(H,24,28). The Labute approximate surface area is 187 Å². The fourth-order valence-corrected chi connectivity index (χ4v) is 5.11. The summed E-state index contributed by atoms with van der Waals surface area (Å²) in [5.74, 6) is 0.147. The molecule has 0 saturated carbocycles. The number of benzene rings is 2. The van der Waals surface area contributed by atoms with Crippen LogP contribution in [0.5, 0.6) is 0 Å². The van der Waals surface area contributed by atoms with Crippen LogP contribution in [-0.2, 0) is 21.2 Å². The summed E-state index contributed by atoms with van der Waals surface area (Å²) in [5, 5.41) is 2.76. The Kier molecular flexibility index (Phi) is 6.69. The Hall–Kier alpha value is -3.01. The fraction of sp³-hybridized carbons (Fsp3) is 0.304. The van der Waals surface area contributed by atoms with Crippen LogP contribution in [-0.4, -0.2) is 61.2 Å². The van der Waals surface area contributed by atoms with E-state index in [2.05, 4.69) is 22.1 Å². The monoisotopic (exact) mass is 454 g/mol. The molecule has 0 aliphatic carbocycles. The number of piperazine rings is 1. The van der Waals surface area contributed by atoms with Crippen LogP contribution in [0.1, 0.15) is 12.6 Å². The molecule has 1 fully saturated rings. The molecule has 0 atom stereocenters. The molecular weight excluding hydrogens is 428 g/mol. The first kappa shape index (κ1) is 22.2. The SMILES string of the molecule is CCN1CCN(S(=O)(=O)c2cccc(NC(=O)Cc3coc(-c4ccccc4)n3)c2)CC1. The largest absolute Gasteiger partial charge is 0.444 e. The van der Waals surface area contributed by atoms with Crippen molar-refractivity contribution in [1.82, 2.24) is 14.2 Å². The summed E-state index contributed by atoms with van der Waals surface area (Å²) in [5.41, 5.74) is 1.76. The summed E-state index contributed by atoms with van der Waals surface area (Å²) < 4.78 is 33.0. The molecule has 0 bridgehead atoms. The number of amides is 1. The zero-order valence-electron chi connectivity index (χ0n) is 17.9. The molecule has 1 amide bonds. The van der Waals surface area contributed by atoms with Crippen molar-refractivity contribution in [1.29, 1.82) is 0 Å². The van der Waals surface area contributed by atoms with Crippen LogP contribution in [0.4, 0.5) is 5.69 Å². The molecule has 0 unspecified atom stereocenters. The number of carbonyl (C=O) groups excluding carboxylic acids is 1. The first-order chi connectivity index (χ1) is 15.5. The highest BCUT2D eigenvalue weighted by molar-refractivity contribution is 7.89. The fourth-order valence-electron chi connectivity index (χ4n) is 3.64. The molecule has 1 saturated heterocycles. The van der Waals surface area contributed by atoms with Gasteiger partial charge in [0.15, 0.2) is 0 Å². The summed E-state index contributed by atoms with van der Waals surface area (Å²) in [6, 6.07) is 15.8. The summed E-state index contributed by atoms with van der Waals surface area (Å²) >= 11 is 0. The zero-order chi connectivity index (χ0) is 22.6. The van der Waals surface area contributed by atoms with Crippen molar-refractivity contribution in [2.24, 2.45) is 0 Å². The number of nitrogens with zero attached hydrogens (tertiary/aromatic N) is 3. The van der Waals surface area contributed by atoms with Crippen LogP contribution in [0.2, 0.25) is 0 Å². The van der Waals surface area contributed by atoms with Crippen molar-refractivity contribution < 1.29 is 17.6 Å². The predicted octanol–water partition coefficient (Wildman–Crippen LogP) is 2.85. The topological polar surface area (TPSA) is 95.8 Å². The molecule has 4 rings (SSSR count). The van der Waals surface area contributed by atoms with E-state index in [1.165, 1.54) is 16.6 Å². The highest BCUT2D eigenvalue weighted by Crippen LogP contribution is 2.22. The number of sulfonamides is 1. The van der Waals surface area contributed by atoms with Gasteiger partial charge in [-0.05, 0) is 36.9 Å². The van der Waals surface area contributed by atoms with E-state index in [1.807, 2.05) is 30.3 Å². The van der Waals surface area contributed by atoms with E-state index in [1.54, 1.807) is 18.2 Å². The lowest BCUT2D eigenvalue weighted by atomic mass is 10.2. The molecule has 0 radical (unpaired) electrons. The van der Waals surface area contributed by atoms with Crippen molar-refractivity contribution in [3.8, 4) is 11.5 Å². The van der Waals surface area contributed by atoms with E-state index in [-0.39, 0.29) is 17.2 Å². The zero-order valence-corrected chi connectivity index (χ0v) is 18.7. The van der Waals surface area contributed by atoms with Gasteiger partial charge in [-0.1, -0.05) is 31.2 Å². The van der Waals surface area contributed by atoms with Gasteiger partial charge in [0.05, 0.1) is 17.0 Å². The molecule has 32 heavy (non-hydrogen) atoms. The maximum absolute atomic E-state index is 13.0. The molecule has 8 nitrogen and oxygen atoms in total. The van der Waals surface area contributed by atoms with Gasteiger partial charge in [-0.15, -0.1) is 0 Å². The van der Waals surface area contributed by atoms with Gasteiger partial charge in [-0.3, -0.25) is 4.79 Å². The smallest absolute Gasteiger partial charge is 0.243 e. The second-order valence-corrected chi connectivity index (χ2v) is 9.54. The van der Waals surface area contributed by atoms with Gasteiger partial charge in [-0.25, -0.2) is 13.4 Å². The molecule has 1 aliphatic heterocycles. The maximum Gasteiger partial charge on any atom is 0.243 e. The third-order valence-corrected chi connectivity index (χ3v) is 7.34. The average Bonchev–Trinajstić information content (AvgIpc) is 3.28. The number of likely N-dealkylation sites (N-methyl/N-ethyl adjacent to an activating group) is 1. The normalized spacial score (nSPS) is 15.5. The minimum atomic E-state index is -3.61. The van der Waals surface area contributed by atoms with Crippen LogP contribution in [0.3, 0.4) is 0 Å². The number of hydrogen-bond donors (Lipinski definition) is 1. The molecule has 9 heteroatoms. The van der Waals surface area contributed by atoms with Crippen molar-refractivity contribution in [3.05, 3.63) is 66.6 Å². The lowest BCUT2D eigenvalue weighted by Crippen LogP contribution is -2.48. The summed E-state index contributed by atoms with van der Waals surface area (Å²) in [7, 11) is -3.61. The molecule has 2 aromatic carbocycles. The number of rotatable bonds is 7. The van der Waals surface area contributed by atoms with Crippen LogP contribution in [0.15, 0.2) is 70.2 Å². The van der Waals surface area contributed by atoms with E-state index < -0.39 is 10.0 Å². The Morgan fingerprint density at radius 1 is 1.06 bits per heavy atom. The molecule has 3 aromatic rings. The third kappa shape index (κ3) is 5.07. The number of carbonyl (C=O) groups is 1. The molecule has 1 aliphatic rings. The second-order valence-electron chi connectivity index (χ2n) is 7.60. The molecule has 0 spiro atoms. The minimum absolute atomic E-state index is 0.0201. The van der Waals surface area contributed by atoms with Gasteiger partial charge in [0, 0.05) is 37.4 Å². The van der Waals surface area contributed by atoms with Crippen molar-refractivity contribution in [2.45, 2.75) is 18.2 Å². The Balaban J connectivity index is 1.41. The van der Waals surface area contributed by atoms with Gasteiger partial charge in [-0.2, -0.15) is 4.31 Å². The third-order valence-electron chi connectivity index (χ3n) is 5.45. The summed E-state index contributed by atoms with van der Waals surface area (Å²) in [6.07, 6.45) is 1.48. The highest BCUT2D eigenvalue weighted by atomic mass is 32.2. The Morgan fingerprint density at radius 2 is 1.81 bits per heavy atom. The molecular formula is C23H26N4O4S. The second kappa shape index (κ2) is 9.64. The quantitative estimate of drug-likeness (QED) is 0.590. The summed E-state index contributed by atoms with van der Waals surface area (Å²) in [6.45, 7) is 5.33. The number of anilines is 1. The first-order valence-electron chi connectivity index (χ1n) is 10.6. The molecule has 1 N–H and O–H groups in total. The average molecular weight is 455 g/mol. The molecule has 2 heterocycles. The van der Waals surface area contributed by atoms with E-state index >= 15 is 0 Å². The predicted molar refractivity (Wildman–Crippen MR) is 122 cm³/mol. The minimum Gasteiger partial charge on any atom is -0.444 e. The molecule has 1 aromatic heterocycles. The number of aromatic nitrogens is 1. The van der Waals surface area contributed by atoms with Crippen molar-refractivity contribution in [2.75, 3.05) is 38.0 Å². The van der Waals surface area contributed by atoms with E-state index in [0.29, 0.717) is 30.4 Å². The van der Waals surface area contributed by atoms with Gasteiger partial charge < -0.3 is 14.6 Å². The van der Waals surface area contributed by atoms with Crippen LogP contribution < -0.4 is 5.32 Å². The Morgan fingerprint density at radius 3 is 2.53 bits per heavy atom. The van der Waals surface area contributed by atoms with E-state index in [4.69, 9.17) is 4.42 Å². The van der Waals surface area contributed by atoms with Crippen LogP contribution in [0, 0.1) is 0 Å². The highest BCUT2D eigenvalue weighted by Gasteiger charge is 2.28. The Bertz CT molecular complexity index is 1170. The summed E-state index contributed by atoms with van der Waals surface area (Å²) in [4.78, 5) is 19.3. The van der Waals surface area contributed by atoms with Gasteiger partial charge in [0.1, 0.15) is 6.26 Å². The van der Waals surface area contributed by atoms with Crippen molar-refractivity contribution in [3.63, 3.8) is 0 Å². The van der Waals surface area contributed by atoms with E-state index in [9.17, 15) is 13.2 Å². The number of hydrogen-bond acceptors (Lipinski definition) is 6. The van der Waals surface area contributed by atoms with Gasteiger partial charge in [0.2, 0.25) is 21.8 Å². The van der Waals surface area contributed by atoms with Gasteiger partial charge >= 0.3 is 0 Å². The van der Waals surface area contributed by atoms with Crippen LogP contribution in [0.25, 0.3) is 11.5 Å². The molecule has 168 valence electrons. The van der Waals surface area contributed by atoms with Crippen LogP contribution >= 0.6 is 0 Å². The lowest BCUT2D eigenvalue weighted by Gasteiger charge is -2.33. The van der Waals surface area contributed by atoms with Crippen molar-refractivity contribution >= 4 is 21.6 Å². The van der Waals surface area contributed by atoms with Gasteiger partial charge in [0.25, 0.3) is 0 Å².